The topological polar surface area (TPSA) is 88.4 Å². The predicted octanol–water partition coefficient (Wildman–Crippen LogP) is 2.97. The maximum Gasteiger partial charge on any atom is 0.494 e. The molecule has 0 unspecified atom stereocenters. The maximum absolute atomic E-state index is 12.7. The average molecular weight is 398 g/mol. The van der Waals surface area contributed by atoms with Crippen LogP contribution in [-0.4, -0.2) is 26.7 Å². The van der Waals surface area contributed by atoms with E-state index in [-0.39, 0.29) is 4.90 Å². The summed E-state index contributed by atoms with van der Waals surface area (Å²) in [5.41, 5.74) is 1.20. The van der Waals surface area contributed by atoms with Gasteiger partial charge in [-0.2, -0.15) is 5.26 Å². The summed E-state index contributed by atoms with van der Waals surface area (Å²) in [5, 5.41) is 9.03. The van der Waals surface area contributed by atoms with E-state index in [1.807, 2.05) is 33.8 Å². The Balaban J connectivity index is 1.81. The number of sulfonamides is 1. The second-order valence-corrected chi connectivity index (χ2v) is 9.56. The van der Waals surface area contributed by atoms with Gasteiger partial charge in [-0.25, -0.2) is 8.42 Å². The van der Waals surface area contributed by atoms with E-state index in [1.165, 1.54) is 6.07 Å². The van der Waals surface area contributed by atoms with Crippen LogP contribution in [0, 0.1) is 18.3 Å². The lowest BCUT2D eigenvalue weighted by molar-refractivity contribution is 0.00578. The Labute approximate surface area is 166 Å². The zero-order valence-electron chi connectivity index (χ0n) is 16.6. The molecule has 1 heterocycles. The van der Waals surface area contributed by atoms with E-state index in [2.05, 4.69) is 4.72 Å². The molecule has 0 atom stereocenters. The Bertz CT molecular complexity index is 1020. The zero-order valence-corrected chi connectivity index (χ0v) is 17.4. The van der Waals surface area contributed by atoms with Crippen molar-refractivity contribution >= 4 is 28.3 Å². The molecule has 28 heavy (non-hydrogen) atoms. The fraction of sp³-hybridized carbons (Fsp3) is 0.350. The van der Waals surface area contributed by atoms with E-state index in [0.717, 1.165) is 5.46 Å². The predicted molar refractivity (Wildman–Crippen MR) is 109 cm³/mol. The van der Waals surface area contributed by atoms with E-state index >= 15 is 0 Å². The van der Waals surface area contributed by atoms with Crippen LogP contribution in [0.4, 0.5) is 5.69 Å². The first kappa shape index (κ1) is 20.4. The molecule has 146 valence electrons. The lowest BCUT2D eigenvalue weighted by Gasteiger charge is -2.32. The summed E-state index contributed by atoms with van der Waals surface area (Å²) in [6.07, 6.45) is 0. The Hall–Kier alpha value is -2.34. The van der Waals surface area contributed by atoms with Crippen LogP contribution in [0.25, 0.3) is 0 Å². The van der Waals surface area contributed by atoms with Gasteiger partial charge in [0.25, 0.3) is 10.0 Å². The van der Waals surface area contributed by atoms with Crippen molar-refractivity contribution in [2.24, 2.45) is 0 Å². The van der Waals surface area contributed by atoms with Crippen molar-refractivity contribution in [3.8, 4) is 6.07 Å². The van der Waals surface area contributed by atoms with Crippen LogP contribution >= 0.6 is 0 Å². The van der Waals surface area contributed by atoms with Gasteiger partial charge in [-0.15, -0.1) is 0 Å². The molecule has 6 nitrogen and oxygen atoms in total. The lowest BCUT2D eigenvalue weighted by Crippen LogP contribution is -2.41. The highest BCUT2D eigenvalue weighted by Gasteiger charge is 2.51. The van der Waals surface area contributed by atoms with Gasteiger partial charge >= 0.3 is 7.12 Å². The standard InChI is InChI=1S/C20H23BN2O4S/c1-14-6-7-15(13-22)12-18(14)28(24,25)23-17-10-8-16(9-11-17)21-26-19(2,3)20(4,5)27-21/h6-12,23H,1-5H3. The summed E-state index contributed by atoms with van der Waals surface area (Å²) in [6.45, 7) is 9.61. The molecular formula is C20H23BN2O4S. The summed E-state index contributed by atoms with van der Waals surface area (Å²) in [4.78, 5) is 0.0848. The van der Waals surface area contributed by atoms with Gasteiger partial charge in [0.1, 0.15) is 0 Å². The van der Waals surface area contributed by atoms with Gasteiger partial charge < -0.3 is 9.31 Å². The maximum atomic E-state index is 12.7. The minimum absolute atomic E-state index is 0.0848. The molecule has 0 radical (unpaired) electrons. The number of rotatable bonds is 4. The number of nitriles is 1. The smallest absolute Gasteiger partial charge is 0.399 e. The van der Waals surface area contributed by atoms with Crippen LogP contribution < -0.4 is 10.2 Å². The molecule has 0 aromatic heterocycles. The first-order valence-corrected chi connectivity index (χ1v) is 10.4. The molecule has 2 aromatic carbocycles. The highest BCUT2D eigenvalue weighted by molar-refractivity contribution is 7.92. The normalized spacial score (nSPS) is 17.9. The highest BCUT2D eigenvalue weighted by Crippen LogP contribution is 2.36. The largest absolute Gasteiger partial charge is 0.494 e. The Morgan fingerprint density at radius 1 is 1.00 bits per heavy atom. The average Bonchev–Trinajstić information content (AvgIpc) is 2.83. The first-order valence-electron chi connectivity index (χ1n) is 8.94. The van der Waals surface area contributed by atoms with Crippen LogP contribution in [0.1, 0.15) is 38.8 Å². The third-order valence-electron chi connectivity index (χ3n) is 5.30. The number of benzene rings is 2. The van der Waals surface area contributed by atoms with Crippen LogP contribution in [0.2, 0.25) is 0 Å². The molecule has 3 rings (SSSR count). The quantitative estimate of drug-likeness (QED) is 0.800. The van der Waals surface area contributed by atoms with E-state index < -0.39 is 28.3 Å². The van der Waals surface area contributed by atoms with E-state index in [0.29, 0.717) is 16.8 Å². The molecule has 8 heteroatoms. The van der Waals surface area contributed by atoms with Crippen molar-refractivity contribution in [1.82, 2.24) is 0 Å². The number of nitrogens with one attached hydrogen (secondary N) is 1. The molecule has 0 bridgehead atoms. The van der Waals surface area contributed by atoms with Crippen molar-refractivity contribution in [3.05, 3.63) is 53.6 Å². The van der Waals surface area contributed by atoms with Crippen molar-refractivity contribution in [2.45, 2.75) is 50.7 Å². The summed E-state index contributed by atoms with van der Waals surface area (Å²) in [5.74, 6) is 0. The van der Waals surface area contributed by atoms with Gasteiger partial charge in [0.15, 0.2) is 0 Å². The molecular weight excluding hydrogens is 375 g/mol. The summed E-state index contributed by atoms with van der Waals surface area (Å²) in [6, 6.07) is 13.4. The van der Waals surface area contributed by atoms with Crippen LogP contribution in [0.5, 0.6) is 0 Å². The molecule has 1 aliphatic heterocycles. The molecule has 0 amide bonds. The number of nitrogens with zero attached hydrogens (tertiary/aromatic N) is 1. The summed E-state index contributed by atoms with van der Waals surface area (Å²) in [7, 11) is -4.32. The van der Waals surface area contributed by atoms with Crippen molar-refractivity contribution in [3.63, 3.8) is 0 Å². The molecule has 0 saturated carbocycles. The van der Waals surface area contributed by atoms with Gasteiger partial charge in [0.05, 0.1) is 27.7 Å². The third-order valence-corrected chi connectivity index (χ3v) is 6.82. The summed E-state index contributed by atoms with van der Waals surface area (Å²) >= 11 is 0. The van der Waals surface area contributed by atoms with E-state index in [4.69, 9.17) is 14.6 Å². The fourth-order valence-electron chi connectivity index (χ4n) is 2.86. The molecule has 1 fully saturated rings. The molecule has 1 N–H and O–H groups in total. The number of hydrogen-bond donors (Lipinski definition) is 1. The SMILES string of the molecule is Cc1ccc(C#N)cc1S(=O)(=O)Nc1ccc(B2OC(C)(C)C(C)(C)O2)cc1. The van der Waals surface area contributed by atoms with Crippen molar-refractivity contribution in [1.29, 1.82) is 5.26 Å². The van der Waals surface area contributed by atoms with Crippen LogP contribution in [-0.2, 0) is 19.3 Å². The van der Waals surface area contributed by atoms with Gasteiger partial charge in [0, 0.05) is 5.69 Å². The van der Waals surface area contributed by atoms with Gasteiger partial charge in [-0.1, -0.05) is 18.2 Å². The first-order chi connectivity index (χ1) is 12.9. The third kappa shape index (κ3) is 3.79. The Morgan fingerprint density at radius 3 is 2.11 bits per heavy atom. The number of aryl methyl sites for hydroxylation is 1. The minimum Gasteiger partial charge on any atom is -0.399 e. The van der Waals surface area contributed by atoms with Gasteiger partial charge in [-0.3, -0.25) is 4.72 Å². The number of hydrogen-bond acceptors (Lipinski definition) is 5. The fourth-order valence-corrected chi connectivity index (χ4v) is 4.19. The van der Waals surface area contributed by atoms with Crippen molar-refractivity contribution in [2.75, 3.05) is 4.72 Å². The second-order valence-electron chi connectivity index (χ2n) is 7.91. The number of anilines is 1. The highest BCUT2D eigenvalue weighted by atomic mass is 32.2. The zero-order chi connectivity index (χ0) is 20.7. The molecule has 1 saturated heterocycles. The van der Waals surface area contributed by atoms with Crippen LogP contribution in [0.3, 0.4) is 0 Å². The Kier molecular flexibility index (Phi) is 5.04. The molecule has 0 spiro atoms. The van der Waals surface area contributed by atoms with Gasteiger partial charge in [0.2, 0.25) is 0 Å². The van der Waals surface area contributed by atoms with Crippen LogP contribution in [0.15, 0.2) is 47.4 Å². The molecule has 1 aliphatic rings. The Morgan fingerprint density at radius 2 is 1.57 bits per heavy atom. The second kappa shape index (κ2) is 6.92. The van der Waals surface area contributed by atoms with Crippen molar-refractivity contribution < 1.29 is 17.7 Å². The van der Waals surface area contributed by atoms with E-state index in [9.17, 15) is 8.42 Å². The summed E-state index contributed by atoms with van der Waals surface area (Å²) < 4.78 is 40.0. The monoisotopic (exact) mass is 398 g/mol. The lowest BCUT2D eigenvalue weighted by atomic mass is 9.79. The minimum atomic E-state index is -3.81. The van der Waals surface area contributed by atoms with Gasteiger partial charge in [-0.05, 0) is 69.9 Å². The van der Waals surface area contributed by atoms with E-state index in [1.54, 1.807) is 43.3 Å². The molecule has 2 aromatic rings. The molecule has 0 aliphatic carbocycles.